The molecule has 4 rings (SSSR count). The van der Waals surface area contributed by atoms with E-state index in [1.807, 2.05) is 30.9 Å². The first kappa shape index (κ1) is 17.9. The minimum atomic E-state index is -0.215. The van der Waals surface area contributed by atoms with E-state index in [-0.39, 0.29) is 18.6 Å². The van der Waals surface area contributed by atoms with Crippen LogP contribution < -0.4 is 4.90 Å². The first-order valence-corrected chi connectivity index (χ1v) is 9.58. The van der Waals surface area contributed by atoms with Gasteiger partial charge in [0.15, 0.2) is 0 Å². The zero-order chi connectivity index (χ0) is 18.8. The van der Waals surface area contributed by atoms with Gasteiger partial charge in [0, 0.05) is 31.5 Å². The number of rotatable bonds is 4. The second kappa shape index (κ2) is 7.64. The van der Waals surface area contributed by atoms with E-state index in [1.54, 1.807) is 10.9 Å². The lowest BCUT2D eigenvalue weighted by molar-refractivity contribution is -0.140. The highest BCUT2D eigenvalue weighted by molar-refractivity contribution is 5.76. The molecule has 0 aromatic carbocycles. The van der Waals surface area contributed by atoms with Crippen LogP contribution in [0.4, 0.5) is 5.95 Å². The molecule has 2 aliphatic heterocycles. The minimum Gasteiger partial charge on any atom is -0.368 e. The van der Waals surface area contributed by atoms with Crippen LogP contribution in [-0.2, 0) is 16.1 Å². The van der Waals surface area contributed by atoms with Gasteiger partial charge in [-0.15, -0.1) is 0 Å². The summed E-state index contributed by atoms with van der Waals surface area (Å²) in [5.41, 5.74) is 2.77. The number of amides is 1. The highest BCUT2D eigenvalue weighted by Crippen LogP contribution is 2.23. The van der Waals surface area contributed by atoms with Gasteiger partial charge >= 0.3 is 0 Å². The van der Waals surface area contributed by atoms with Gasteiger partial charge in [-0.1, -0.05) is 0 Å². The number of aryl methyl sites for hydroxylation is 2. The fraction of sp³-hybridized carbons (Fsp3) is 0.579. The van der Waals surface area contributed by atoms with Crippen molar-refractivity contribution in [1.29, 1.82) is 0 Å². The third kappa shape index (κ3) is 3.95. The quantitative estimate of drug-likeness (QED) is 0.812. The summed E-state index contributed by atoms with van der Waals surface area (Å²) in [4.78, 5) is 25.9. The van der Waals surface area contributed by atoms with E-state index in [0.717, 1.165) is 36.1 Å². The van der Waals surface area contributed by atoms with Crippen LogP contribution >= 0.6 is 0 Å². The summed E-state index contributed by atoms with van der Waals surface area (Å²) in [7, 11) is 0. The fourth-order valence-electron chi connectivity index (χ4n) is 3.73. The number of aromatic nitrogens is 4. The molecular weight excluding hydrogens is 344 g/mol. The van der Waals surface area contributed by atoms with Gasteiger partial charge in [0.2, 0.25) is 11.9 Å². The Morgan fingerprint density at radius 3 is 2.81 bits per heavy atom. The van der Waals surface area contributed by atoms with Gasteiger partial charge in [-0.3, -0.25) is 9.48 Å². The monoisotopic (exact) mass is 370 g/mol. The third-order valence-corrected chi connectivity index (χ3v) is 5.19. The van der Waals surface area contributed by atoms with Crippen LogP contribution in [0.5, 0.6) is 0 Å². The van der Waals surface area contributed by atoms with E-state index >= 15 is 0 Å². The molecule has 0 spiro atoms. The Labute approximate surface area is 159 Å². The predicted molar refractivity (Wildman–Crippen MR) is 100 cm³/mol. The predicted octanol–water partition coefficient (Wildman–Crippen LogP) is 1.49. The molecule has 0 aliphatic carbocycles. The number of ether oxygens (including phenoxy) is 1. The molecule has 0 radical (unpaired) electrons. The number of anilines is 1. The Hall–Kier alpha value is -2.48. The molecule has 8 heteroatoms. The van der Waals surface area contributed by atoms with E-state index in [4.69, 9.17) is 9.72 Å². The van der Waals surface area contributed by atoms with Crippen LogP contribution in [0.25, 0.3) is 0 Å². The number of hydrogen-bond acceptors (Lipinski definition) is 6. The van der Waals surface area contributed by atoms with Gasteiger partial charge in [-0.05, 0) is 38.8 Å². The van der Waals surface area contributed by atoms with Crippen molar-refractivity contribution in [3.63, 3.8) is 0 Å². The van der Waals surface area contributed by atoms with E-state index in [2.05, 4.69) is 15.0 Å². The molecule has 0 saturated carbocycles. The van der Waals surface area contributed by atoms with Crippen molar-refractivity contribution in [3.8, 4) is 0 Å². The first-order valence-electron chi connectivity index (χ1n) is 9.58. The second-order valence-corrected chi connectivity index (χ2v) is 7.26. The van der Waals surface area contributed by atoms with Crippen LogP contribution in [0.1, 0.15) is 36.0 Å². The molecule has 2 aromatic rings. The summed E-state index contributed by atoms with van der Waals surface area (Å²) >= 11 is 0. The summed E-state index contributed by atoms with van der Waals surface area (Å²) in [5.74, 6) is 0.822. The van der Waals surface area contributed by atoms with Gasteiger partial charge in [0.05, 0.1) is 24.5 Å². The van der Waals surface area contributed by atoms with Crippen LogP contribution in [0.15, 0.2) is 18.3 Å². The van der Waals surface area contributed by atoms with Gasteiger partial charge in [0.1, 0.15) is 12.6 Å². The molecular formula is C19H26N6O2. The van der Waals surface area contributed by atoms with Gasteiger partial charge in [-0.25, -0.2) is 9.97 Å². The summed E-state index contributed by atoms with van der Waals surface area (Å²) in [5, 5.41) is 4.39. The molecule has 0 bridgehead atoms. The summed E-state index contributed by atoms with van der Waals surface area (Å²) < 4.78 is 7.68. The summed E-state index contributed by atoms with van der Waals surface area (Å²) in [6, 6.07) is 3.87. The molecule has 27 heavy (non-hydrogen) atoms. The van der Waals surface area contributed by atoms with Crippen molar-refractivity contribution in [2.24, 2.45) is 0 Å². The summed E-state index contributed by atoms with van der Waals surface area (Å²) in [6.07, 6.45) is 3.94. The molecule has 0 N–H and O–H groups in total. The van der Waals surface area contributed by atoms with Gasteiger partial charge < -0.3 is 14.5 Å². The SMILES string of the molecule is Cc1cc(C)n(CC(=O)N2CCO[C@H](c3ccnc(N4CCCC4)n3)C2)n1. The normalized spacial score (nSPS) is 20.3. The van der Waals surface area contributed by atoms with Crippen molar-refractivity contribution in [1.82, 2.24) is 24.6 Å². The molecule has 0 unspecified atom stereocenters. The Kier molecular flexibility index (Phi) is 5.07. The molecule has 2 saturated heterocycles. The number of morpholine rings is 1. The van der Waals surface area contributed by atoms with Gasteiger partial charge in [0.25, 0.3) is 0 Å². The molecule has 1 amide bonds. The molecule has 144 valence electrons. The number of nitrogens with zero attached hydrogens (tertiary/aromatic N) is 6. The lowest BCUT2D eigenvalue weighted by Gasteiger charge is -2.33. The van der Waals surface area contributed by atoms with E-state index in [1.165, 1.54) is 12.8 Å². The molecule has 1 atom stereocenters. The largest absolute Gasteiger partial charge is 0.368 e. The van der Waals surface area contributed by atoms with E-state index in [0.29, 0.717) is 19.7 Å². The smallest absolute Gasteiger partial charge is 0.244 e. The van der Waals surface area contributed by atoms with Crippen LogP contribution in [0.3, 0.4) is 0 Å². The van der Waals surface area contributed by atoms with E-state index < -0.39 is 0 Å². The van der Waals surface area contributed by atoms with Crippen LogP contribution in [-0.4, -0.2) is 63.3 Å². The standard InChI is InChI=1S/C19H26N6O2/c1-14-11-15(2)25(22-14)13-18(26)24-9-10-27-17(12-24)16-5-6-20-19(21-16)23-7-3-4-8-23/h5-6,11,17H,3-4,7-10,12-13H2,1-2H3/t17-/m0/s1. The maximum atomic E-state index is 12.8. The Bertz CT molecular complexity index is 814. The maximum Gasteiger partial charge on any atom is 0.244 e. The zero-order valence-corrected chi connectivity index (χ0v) is 16.0. The number of carbonyl (C=O) groups excluding carboxylic acids is 1. The average Bonchev–Trinajstić information content (AvgIpc) is 3.32. The summed E-state index contributed by atoms with van der Waals surface area (Å²) in [6.45, 7) is 7.78. The average molecular weight is 370 g/mol. The lowest BCUT2D eigenvalue weighted by atomic mass is 10.2. The molecule has 8 nitrogen and oxygen atoms in total. The second-order valence-electron chi connectivity index (χ2n) is 7.26. The van der Waals surface area contributed by atoms with Crippen molar-refractivity contribution in [3.05, 3.63) is 35.4 Å². The number of hydrogen-bond donors (Lipinski definition) is 0. The van der Waals surface area contributed by atoms with Crippen LogP contribution in [0, 0.1) is 13.8 Å². The van der Waals surface area contributed by atoms with Crippen molar-refractivity contribution < 1.29 is 9.53 Å². The Morgan fingerprint density at radius 1 is 1.26 bits per heavy atom. The van der Waals surface area contributed by atoms with Crippen LogP contribution in [0.2, 0.25) is 0 Å². The molecule has 4 heterocycles. The Morgan fingerprint density at radius 2 is 2.07 bits per heavy atom. The minimum absolute atomic E-state index is 0.0586. The molecule has 2 aliphatic rings. The van der Waals surface area contributed by atoms with Gasteiger partial charge in [-0.2, -0.15) is 5.10 Å². The zero-order valence-electron chi connectivity index (χ0n) is 16.0. The highest BCUT2D eigenvalue weighted by Gasteiger charge is 2.27. The molecule has 2 fully saturated rings. The first-order chi connectivity index (χ1) is 13.1. The van der Waals surface area contributed by atoms with Crippen molar-refractivity contribution in [2.75, 3.05) is 37.7 Å². The molecule has 2 aromatic heterocycles. The Balaban J connectivity index is 1.44. The lowest BCUT2D eigenvalue weighted by Crippen LogP contribution is -2.44. The van der Waals surface area contributed by atoms with Crippen molar-refractivity contribution >= 4 is 11.9 Å². The highest BCUT2D eigenvalue weighted by atomic mass is 16.5. The van der Waals surface area contributed by atoms with Crippen molar-refractivity contribution in [2.45, 2.75) is 39.3 Å². The topological polar surface area (TPSA) is 76.4 Å². The maximum absolute atomic E-state index is 12.8. The third-order valence-electron chi connectivity index (χ3n) is 5.19. The number of carbonyl (C=O) groups is 1. The van der Waals surface area contributed by atoms with E-state index in [9.17, 15) is 4.79 Å². The fourth-order valence-corrected chi connectivity index (χ4v) is 3.73.